The first kappa shape index (κ1) is 14.1. The van der Waals surface area contributed by atoms with Gasteiger partial charge < -0.3 is 19.1 Å². The zero-order valence-corrected chi connectivity index (χ0v) is 13.8. The number of allylic oxidation sites excluding steroid dienone is 3. The summed E-state index contributed by atoms with van der Waals surface area (Å²) in [6.07, 6.45) is 15.0. The molecule has 0 amide bonds. The second-order valence-electron chi connectivity index (χ2n) is 7.57. The molecule has 4 heterocycles. The van der Waals surface area contributed by atoms with Crippen LogP contribution in [-0.2, 0) is 14.2 Å². The van der Waals surface area contributed by atoms with Crippen LogP contribution in [-0.4, -0.2) is 30.0 Å². The normalized spacial score (nSPS) is 37.9. The second kappa shape index (κ2) is 4.87. The molecule has 4 heteroatoms. The summed E-state index contributed by atoms with van der Waals surface area (Å²) < 4.78 is 18.4. The molecule has 0 bridgehead atoms. The molecular weight excluding hydrogens is 290 g/mol. The van der Waals surface area contributed by atoms with E-state index in [1.54, 1.807) is 5.57 Å². The van der Waals surface area contributed by atoms with E-state index in [0.717, 1.165) is 19.3 Å². The van der Waals surface area contributed by atoms with Crippen LogP contribution in [0, 0.1) is 5.41 Å². The van der Waals surface area contributed by atoms with Gasteiger partial charge in [0, 0.05) is 18.8 Å². The van der Waals surface area contributed by atoms with Gasteiger partial charge in [-0.15, -0.1) is 0 Å². The molecule has 23 heavy (non-hydrogen) atoms. The van der Waals surface area contributed by atoms with Crippen molar-refractivity contribution in [2.45, 2.75) is 63.8 Å². The summed E-state index contributed by atoms with van der Waals surface area (Å²) in [4.78, 5) is 2.30. The van der Waals surface area contributed by atoms with Crippen LogP contribution in [0.25, 0.3) is 0 Å². The van der Waals surface area contributed by atoms with Crippen LogP contribution >= 0.6 is 0 Å². The van der Waals surface area contributed by atoms with Crippen molar-refractivity contribution in [2.24, 2.45) is 5.41 Å². The zero-order chi connectivity index (χ0) is 15.5. The van der Waals surface area contributed by atoms with Crippen LogP contribution in [0.2, 0.25) is 0 Å². The maximum atomic E-state index is 6.60. The quantitative estimate of drug-likeness (QED) is 0.736. The smallest absolute Gasteiger partial charge is 0.203 e. The van der Waals surface area contributed by atoms with Gasteiger partial charge in [-0.1, -0.05) is 12.5 Å². The highest BCUT2D eigenvalue weighted by molar-refractivity contribution is 5.40. The third kappa shape index (κ3) is 1.91. The van der Waals surface area contributed by atoms with Gasteiger partial charge >= 0.3 is 0 Å². The number of fused-ring (bicyclic) bond motifs is 1. The zero-order valence-electron chi connectivity index (χ0n) is 13.8. The van der Waals surface area contributed by atoms with Gasteiger partial charge in [0.05, 0.1) is 24.3 Å². The van der Waals surface area contributed by atoms with E-state index in [0.29, 0.717) is 13.2 Å². The van der Waals surface area contributed by atoms with Gasteiger partial charge in [0.1, 0.15) is 5.76 Å². The molecule has 2 saturated heterocycles. The SMILES string of the molecule is CC1([C@@H]2CC34CCCCC3=CN3C=CCCC3=C4O2)OCCO1. The van der Waals surface area contributed by atoms with E-state index in [1.165, 1.54) is 37.1 Å². The van der Waals surface area contributed by atoms with Crippen molar-refractivity contribution in [3.63, 3.8) is 0 Å². The van der Waals surface area contributed by atoms with Crippen molar-refractivity contribution in [1.29, 1.82) is 0 Å². The Morgan fingerprint density at radius 2 is 2.04 bits per heavy atom. The Labute approximate surface area is 137 Å². The molecule has 1 unspecified atom stereocenters. The molecule has 5 rings (SSSR count). The van der Waals surface area contributed by atoms with Gasteiger partial charge in [0.15, 0.2) is 6.10 Å². The molecule has 0 radical (unpaired) electrons. The maximum absolute atomic E-state index is 6.60. The minimum Gasteiger partial charge on any atom is -0.486 e. The van der Waals surface area contributed by atoms with E-state index in [1.807, 2.05) is 0 Å². The summed E-state index contributed by atoms with van der Waals surface area (Å²) in [7, 11) is 0. The van der Waals surface area contributed by atoms with Gasteiger partial charge in [0.25, 0.3) is 0 Å². The van der Waals surface area contributed by atoms with Crippen molar-refractivity contribution in [2.75, 3.05) is 13.2 Å². The van der Waals surface area contributed by atoms with Gasteiger partial charge in [-0.05, 0) is 44.6 Å². The lowest BCUT2D eigenvalue weighted by molar-refractivity contribution is -0.204. The maximum Gasteiger partial charge on any atom is 0.203 e. The first-order valence-electron chi connectivity index (χ1n) is 9.06. The molecule has 1 aliphatic carbocycles. The van der Waals surface area contributed by atoms with Crippen LogP contribution in [0.1, 0.15) is 51.9 Å². The number of hydrogen-bond acceptors (Lipinski definition) is 4. The molecule has 1 spiro atoms. The molecule has 4 nitrogen and oxygen atoms in total. The van der Waals surface area contributed by atoms with Crippen LogP contribution in [0.15, 0.2) is 35.5 Å². The van der Waals surface area contributed by atoms with Crippen molar-refractivity contribution in [3.05, 3.63) is 35.5 Å². The van der Waals surface area contributed by atoms with Crippen LogP contribution in [0.5, 0.6) is 0 Å². The lowest BCUT2D eigenvalue weighted by Gasteiger charge is -2.43. The molecule has 2 atom stereocenters. The lowest BCUT2D eigenvalue weighted by Crippen LogP contribution is -2.41. The Bertz CT molecular complexity index is 614. The minimum atomic E-state index is -0.586. The molecule has 3 fully saturated rings. The molecular formula is C19H25NO3. The van der Waals surface area contributed by atoms with E-state index in [4.69, 9.17) is 14.2 Å². The Hall–Kier alpha value is -1.26. The van der Waals surface area contributed by atoms with Gasteiger partial charge in [-0.3, -0.25) is 0 Å². The van der Waals surface area contributed by atoms with E-state index >= 15 is 0 Å². The third-order valence-electron chi connectivity index (χ3n) is 6.27. The fraction of sp³-hybridized carbons (Fsp3) is 0.684. The van der Waals surface area contributed by atoms with Crippen LogP contribution in [0.3, 0.4) is 0 Å². The average Bonchev–Trinajstić information content (AvgIpc) is 3.18. The topological polar surface area (TPSA) is 30.9 Å². The van der Waals surface area contributed by atoms with E-state index in [9.17, 15) is 0 Å². The molecule has 5 aliphatic rings. The van der Waals surface area contributed by atoms with Gasteiger partial charge in [0.2, 0.25) is 5.79 Å². The summed E-state index contributed by atoms with van der Waals surface area (Å²) in [5.74, 6) is 0.641. The number of hydrogen-bond donors (Lipinski definition) is 0. The molecule has 4 aliphatic heterocycles. The van der Waals surface area contributed by atoms with Crippen LogP contribution < -0.4 is 0 Å². The van der Waals surface area contributed by atoms with E-state index in [2.05, 4.69) is 30.3 Å². The monoisotopic (exact) mass is 315 g/mol. The van der Waals surface area contributed by atoms with E-state index in [-0.39, 0.29) is 11.5 Å². The summed E-state index contributed by atoms with van der Waals surface area (Å²) >= 11 is 0. The summed E-state index contributed by atoms with van der Waals surface area (Å²) in [6, 6.07) is 0. The first-order valence-corrected chi connectivity index (χ1v) is 9.06. The fourth-order valence-electron chi connectivity index (χ4n) is 5.03. The highest BCUT2D eigenvalue weighted by Gasteiger charge is 2.58. The number of nitrogens with zero attached hydrogens (tertiary/aromatic N) is 1. The van der Waals surface area contributed by atoms with Gasteiger partial charge in [-0.2, -0.15) is 0 Å². The van der Waals surface area contributed by atoms with Crippen LogP contribution in [0.4, 0.5) is 0 Å². The molecule has 0 aromatic heterocycles. The molecule has 0 aromatic carbocycles. The first-order chi connectivity index (χ1) is 11.2. The second-order valence-corrected chi connectivity index (χ2v) is 7.57. The van der Waals surface area contributed by atoms with Gasteiger partial charge in [-0.25, -0.2) is 0 Å². The molecule has 0 aromatic rings. The molecule has 124 valence electrons. The highest BCUT2D eigenvalue weighted by atomic mass is 16.8. The number of ether oxygens (including phenoxy) is 3. The van der Waals surface area contributed by atoms with Crippen molar-refractivity contribution in [3.8, 4) is 0 Å². The van der Waals surface area contributed by atoms with Crippen molar-refractivity contribution in [1.82, 2.24) is 4.90 Å². The fourth-order valence-corrected chi connectivity index (χ4v) is 5.03. The van der Waals surface area contributed by atoms with Crippen molar-refractivity contribution < 1.29 is 14.2 Å². The lowest BCUT2D eigenvalue weighted by atomic mass is 9.65. The predicted octanol–water partition coefficient (Wildman–Crippen LogP) is 3.82. The summed E-state index contributed by atoms with van der Waals surface area (Å²) in [5, 5.41) is 0. The minimum absolute atomic E-state index is 0.000133. The Morgan fingerprint density at radius 1 is 1.17 bits per heavy atom. The molecule has 0 N–H and O–H groups in total. The van der Waals surface area contributed by atoms with E-state index < -0.39 is 5.79 Å². The van der Waals surface area contributed by atoms with Crippen molar-refractivity contribution >= 4 is 0 Å². The Kier molecular flexibility index (Phi) is 2.99. The summed E-state index contributed by atoms with van der Waals surface area (Å²) in [5.41, 5.74) is 3.03. The Balaban J connectivity index is 1.59. The average molecular weight is 315 g/mol. The Morgan fingerprint density at radius 3 is 2.91 bits per heavy atom. The third-order valence-corrected chi connectivity index (χ3v) is 6.27. The predicted molar refractivity (Wildman–Crippen MR) is 86.0 cm³/mol. The summed E-state index contributed by atoms with van der Waals surface area (Å²) in [6.45, 7) is 3.40. The number of rotatable bonds is 1. The highest BCUT2D eigenvalue weighted by Crippen LogP contribution is 2.60. The standard InChI is InChI=1S/C19H25NO3/c1-18(21-10-11-22-18)16-12-19-8-4-2-6-14(19)13-20-9-5-3-7-15(20)17(19)23-16/h5,9,13,16H,2-4,6-8,10-12H2,1H3/t16-,19?/m0/s1. The molecule has 1 saturated carbocycles. The largest absolute Gasteiger partial charge is 0.486 e.